The van der Waals surface area contributed by atoms with Gasteiger partial charge in [-0.25, -0.2) is 0 Å². The molecule has 1 rings (SSSR count). The van der Waals surface area contributed by atoms with E-state index >= 15 is 0 Å². The molecule has 0 aliphatic rings. The molecule has 0 fully saturated rings. The molecule has 1 N–H and O–H groups in total. The van der Waals surface area contributed by atoms with Crippen molar-refractivity contribution in [2.75, 3.05) is 7.05 Å². The molecule has 0 amide bonds. The van der Waals surface area contributed by atoms with Gasteiger partial charge in [0.25, 0.3) is 0 Å². The normalized spacial score (nSPS) is 13.6. The van der Waals surface area contributed by atoms with E-state index in [0.717, 1.165) is 5.92 Å². The van der Waals surface area contributed by atoms with Crippen LogP contribution in [0.15, 0.2) is 11.4 Å². The summed E-state index contributed by atoms with van der Waals surface area (Å²) in [6, 6.07) is 2.77. The summed E-state index contributed by atoms with van der Waals surface area (Å²) in [5.74, 6) is 0.747. The van der Waals surface area contributed by atoms with Crippen LogP contribution in [0.2, 0.25) is 0 Å². The van der Waals surface area contributed by atoms with Crippen LogP contribution in [0.25, 0.3) is 0 Å². The second kappa shape index (κ2) is 4.77. The molecule has 1 atom stereocenters. The summed E-state index contributed by atoms with van der Waals surface area (Å²) in [7, 11) is 2.05. The Morgan fingerprint density at radius 2 is 2.15 bits per heavy atom. The summed E-state index contributed by atoms with van der Waals surface area (Å²) >= 11 is 1.84. The van der Waals surface area contributed by atoms with Gasteiger partial charge in [-0.15, -0.1) is 11.3 Å². The fraction of sp³-hybridized carbons (Fsp3) is 0.636. The van der Waals surface area contributed by atoms with Crippen LogP contribution in [0.5, 0.6) is 0 Å². The summed E-state index contributed by atoms with van der Waals surface area (Å²) in [6.45, 7) is 6.74. The third-order valence-electron chi connectivity index (χ3n) is 2.33. The van der Waals surface area contributed by atoms with Gasteiger partial charge in [0, 0.05) is 10.9 Å². The number of hydrogen-bond acceptors (Lipinski definition) is 2. The van der Waals surface area contributed by atoms with E-state index in [1.807, 2.05) is 18.4 Å². The molecule has 1 aromatic heterocycles. The molecule has 0 saturated carbocycles. The summed E-state index contributed by atoms with van der Waals surface area (Å²) < 4.78 is 0. The van der Waals surface area contributed by atoms with Gasteiger partial charge in [0.05, 0.1) is 0 Å². The highest BCUT2D eigenvalue weighted by Crippen LogP contribution is 2.26. The van der Waals surface area contributed by atoms with Crippen LogP contribution in [0.4, 0.5) is 0 Å². The quantitative estimate of drug-likeness (QED) is 0.780. The fourth-order valence-corrected chi connectivity index (χ4v) is 2.39. The number of aryl methyl sites for hydroxylation is 1. The average molecular weight is 197 g/mol. The second-order valence-electron chi connectivity index (χ2n) is 3.90. The fourth-order valence-electron chi connectivity index (χ4n) is 1.63. The van der Waals surface area contributed by atoms with Gasteiger partial charge < -0.3 is 5.32 Å². The topological polar surface area (TPSA) is 12.0 Å². The van der Waals surface area contributed by atoms with Gasteiger partial charge in [0.1, 0.15) is 0 Å². The van der Waals surface area contributed by atoms with Crippen molar-refractivity contribution >= 4 is 11.3 Å². The Bertz CT molecular complexity index is 252. The lowest BCUT2D eigenvalue weighted by Gasteiger charge is -2.18. The van der Waals surface area contributed by atoms with Gasteiger partial charge in [-0.2, -0.15) is 0 Å². The van der Waals surface area contributed by atoms with Crippen LogP contribution in [-0.4, -0.2) is 7.05 Å². The second-order valence-corrected chi connectivity index (χ2v) is 5.02. The summed E-state index contributed by atoms with van der Waals surface area (Å²) in [4.78, 5) is 1.44. The first kappa shape index (κ1) is 10.7. The highest BCUT2D eigenvalue weighted by atomic mass is 32.1. The van der Waals surface area contributed by atoms with Gasteiger partial charge in [0.15, 0.2) is 0 Å². The first-order valence-electron chi connectivity index (χ1n) is 4.86. The van der Waals surface area contributed by atoms with E-state index in [-0.39, 0.29) is 0 Å². The number of rotatable bonds is 4. The van der Waals surface area contributed by atoms with E-state index in [9.17, 15) is 0 Å². The van der Waals surface area contributed by atoms with Crippen molar-refractivity contribution in [3.63, 3.8) is 0 Å². The lowest BCUT2D eigenvalue weighted by Crippen LogP contribution is -2.18. The molecule has 0 spiro atoms. The number of thiophene rings is 1. The zero-order chi connectivity index (χ0) is 9.84. The van der Waals surface area contributed by atoms with Crippen molar-refractivity contribution in [3.8, 4) is 0 Å². The maximum absolute atomic E-state index is 3.38. The molecule has 0 aliphatic heterocycles. The number of hydrogen-bond donors (Lipinski definition) is 1. The molecule has 0 aliphatic carbocycles. The minimum absolute atomic E-state index is 0.534. The average Bonchev–Trinajstić information content (AvgIpc) is 2.47. The summed E-state index contributed by atoms with van der Waals surface area (Å²) in [6.07, 6.45) is 1.22. The van der Waals surface area contributed by atoms with E-state index in [0.29, 0.717) is 6.04 Å². The molecule has 2 heteroatoms. The van der Waals surface area contributed by atoms with Crippen molar-refractivity contribution in [1.29, 1.82) is 0 Å². The monoisotopic (exact) mass is 197 g/mol. The molecule has 0 aromatic carbocycles. The van der Waals surface area contributed by atoms with Gasteiger partial charge in [-0.1, -0.05) is 13.8 Å². The molecule has 0 radical (unpaired) electrons. The Hall–Kier alpha value is -0.340. The smallest absolute Gasteiger partial charge is 0.0330 e. The molecule has 0 bridgehead atoms. The highest BCUT2D eigenvalue weighted by molar-refractivity contribution is 7.10. The maximum Gasteiger partial charge on any atom is 0.0330 e. The molecule has 1 unspecified atom stereocenters. The van der Waals surface area contributed by atoms with Crippen molar-refractivity contribution in [2.24, 2.45) is 5.92 Å². The molecule has 0 saturated heterocycles. The molecular formula is C11H19NS. The van der Waals surface area contributed by atoms with Crippen molar-refractivity contribution < 1.29 is 0 Å². The van der Waals surface area contributed by atoms with E-state index in [1.54, 1.807) is 0 Å². The summed E-state index contributed by atoms with van der Waals surface area (Å²) in [5.41, 5.74) is 1.47. The highest BCUT2D eigenvalue weighted by Gasteiger charge is 2.13. The Morgan fingerprint density at radius 1 is 1.46 bits per heavy atom. The van der Waals surface area contributed by atoms with E-state index in [4.69, 9.17) is 0 Å². The van der Waals surface area contributed by atoms with Crippen LogP contribution in [0.1, 0.15) is 36.8 Å². The third kappa shape index (κ3) is 2.82. The molecule has 1 heterocycles. The van der Waals surface area contributed by atoms with Crippen LogP contribution in [0, 0.1) is 12.8 Å². The van der Waals surface area contributed by atoms with Crippen LogP contribution < -0.4 is 5.32 Å². The minimum atomic E-state index is 0.534. The maximum atomic E-state index is 3.38. The zero-order valence-electron chi connectivity index (χ0n) is 8.92. The zero-order valence-corrected chi connectivity index (χ0v) is 9.74. The number of nitrogens with one attached hydrogen (secondary N) is 1. The predicted molar refractivity (Wildman–Crippen MR) is 60.3 cm³/mol. The van der Waals surface area contributed by atoms with E-state index in [1.165, 1.54) is 16.9 Å². The standard InChI is InChI=1S/C11H19NS/c1-8(2)7-11(12-4)10-5-6-13-9(10)3/h5-6,8,11-12H,7H2,1-4H3. The van der Waals surface area contributed by atoms with Gasteiger partial charge >= 0.3 is 0 Å². The molecule has 1 nitrogen and oxygen atoms in total. The predicted octanol–water partition coefficient (Wildman–Crippen LogP) is 3.36. The lowest BCUT2D eigenvalue weighted by molar-refractivity contribution is 0.456. The SMILES string of the molecule is CNC(CC(C)C)c1ccsc1C. The van der Waals surface area contributed by atoms with Crippen LogP contribution in [-0.2, 0) is 0 Å². The Balaban J connectivity index is 2.72. The Morgan fingerprint density at radius 3 is 2.54 bits per heavy atom. The molecule has 74 valence electrons. The Kier molecular flexibility index (Phi) is 3.94. The van der Waals surface area contributed by atoms with Crippen molar-refractivity contribution in [3.05, 3.63) is 21.9 Å². The summed E-state index contributed by atoms with van der Waals surface area (Å²) in [5, 5.41) is 5.56. The molecule has 1 aromatic rings. The third-order valence-corrected chi connectivity index (χ3v) is 3.19. The first-order valence-corrected chi connectivity index (χ1v) is 5.74. The van der Waals surface area contributed by atoms with E-state index < -0.39 is 0 Å². The largest absolute Gasteiger partial charge is 0.313 e. The van der Waals surface area contributed by atoms with Crippen molar-refractivity contribution in [1.82, 2.24) is 5.32 Å². The molecule has 13 heavy (non-hydrogen) atoms. The lowest BCUT2D eigenvalue weighted by atomic mass is 9.98. The van der Waals surface area contributed by atoms with E-state index in [2.05, 4.69) is 37.5 Å². The van der Waals surface area contributed by atoms with Gasteiger partial charge in [-0.3, -0.25) is 0 Å². The first-order chi connectivity index (χ1) is 6.15. The molecular weight excluding hydrogens is 178 g/mol. The minimum Gasteiger partial charge on any atom is -0.313 e. The van der Waals surface area contributed by atoms with Gasteiger partial charge in [-0.05, 0) is 43.3 Å². The van der Waals surface area contributed by atoms with Gasteiger partial charge in [0.2, 0.25) is 0 Å². The van der Waals surface area contributed by atoms with Crippen LogP contribution in [0.3, 0.4) is 0 Å². The Labute approximate surface area is 85.2 Å². The van der Waals surface area contributed by atoms with Crippen molar-refractivity contribution in [2.45, 2.75) is 33.2 Å². The van der Waals surface area contributed by atoms with Crippen LogP contribution >= 0.6 is 11.3 Å².